The molecule has 0 amide bonds. The fraction of sp³-hybridized carbons (Fsp3) is 0.333. The molecule has 3 N–H and O–H groups in total. The summed E-state index contributed by atoms with van der Waals surface area (Å²) >= 11 is 0. The van der Waals surface area contributed by atoms with Gasteiger partial charge in [-0.15, -0.1) is 0 Å². The molecule has 0 aromatic carbocycles. The Morgan fingerprint density at radius 3 is 2.11 bits per heavy atom. The van der Waals surface area contributed by atoms with Gasteiger partial charge in [-0.1, -0.05) is 0 Å². The molecule has 0 unspecified atom stereocenters. The van der Waals surface area contributed by atoms with Gasteiger partial charge >= 0.3 is 0 Å². The van der Waals surface area contributed by atoms with Gasteiger partial charge < -0.3 is 5.32 Å². The van der Waals surface area contributed by atoms with Crippen molar-refractivity contribution in [2.75, 3.05) is 7.05 Å². The van der Waals surface area contributed by atoms with E-state index in [1.807, 2.05) is 0 Å². The number of rotatable bonds is 2. The predicted octanol–water partition coefficient (Wildman–Crippen LogP) is -1.04. The second-order valence-corrected chi connectivity index (χ2v) is 2.63. The fourth-order valence-corrected chi connectivity index (χ4v) is 0.489. The molecule has 0 heterocycles. The zero-order valence-electron chi connectivity index (χ0n) is 4.90. The van der Waals surface area contributed by atoms with Crippen molar-refractivity contribution >= 4 is 10.0 Å². The number of primary sulfonamides is 1. The normalized spacial score (nSPS) is 10.9. The van der Waals surface area contributed by atoms with Crippen LogP contribution in [0.4, 0.5) is 0 Å². The average molecular weight is 187 g/mol. The molecule has 0 aliphatic carbocycles. The maximum atomic E-state index is 10.0. The van der Waals surface area contributed by atoms with Crippen molar-refractivity contribution in [3.05, 3.63) is 11.6 Å². The Labute approximate surface area is 66.4 Å². The molecule has 0 spiro atoms. The summed E-state index contributed by atoms with van der Waals surface area (Å²) in [4.78, 5) is 0. The van der Waals surface area contributed by atoms with E-state index in [-0.39, 0.29) is 18.6 Å². The number of nitrogens with two attached hydrogens (primary N) is 1. The van der Waals surface area contributed by atoms with Crippen LogP contribution in [0.2, 0.25) is 0 Å². The van der Waals surface area contributed by atoms with Crippen molar-refractivity contribution in [3.63, 3.8) is 0 Å². The first-order valence-corrected chi connectivity index (χ1v) is 3.54. The van der Waals surface area contributed by atoms with E-state index in [4.69, 9.17) is 0 Å². The van der Waals surface area contributed by atoms with Crippen LogP contribution >= 0.6 is 0 Å². The van der Waals surface area contributed by atoms with E-state index in [2.05, 4.69) is 10.5 Å². The van der Waals surface area contributed by atoms with Crippen molar-refractivity contribution in [2.24, 2.45) is 5.14 Å². The molecule has 0 saturated heterocycles. The van der Waals surface area contributed by atoms with Gasteiger partial charge in [0.05, 0.1) is 5.41 Å². The molecule has 9 heavy (non-hydrogen) atoms. The third-order valence-electron chi connectivity index (χ3n) is 0.424. The first-order chi connectivity index (χ1) is 3.56. The van der Waals surface area contributed by atoms with Gasteiger partial charge in [0.1, 0.15) is 0 Å². The Bertz CT molecular complexity index is 174. The second kappa shape index (κ2) is 4.87. The zero-order valence-corrected chi connectivity index (χ0v) is 7.12. The van der Waals surface area contributed by atoms with Gasteiger partial charge in [0.25, 0.3) is 0 Å². The molecular formula is C3H8N2O2SV. The largest absolute Gasteiger partial charge is 0.393 e. The number of sulfonamides is 1. The van der Waals surface area contributed by atoms with Gasteiger partial charge in [-0.3, -0.25) is 0 Å². The van der Waals surface area contributed by atoms with E-state index in [9.17, 15) is 8.42 Å². The first-order valence-electron chi connectivity index (χ1n) is 1.93. The van der Waals surface area contributed by atoms with Gasteiger partial charge in [-0.25, -0.2) is 13.6 Å². The molecule has 1 radical (unpaired) electrons. The van der Waals surface area contributed by atoms with Crippen LogP contribution in [0.3, 0.4) is 0 Å². The molecular weight excluding hydrogens is 179 g/mol. The van der Waals surface area contributed by atoms with Crippen LogP contribution in [-0.2, 0) is 28.6 Å². The van der Waals surface area contributed by atoms with Crippen LogP contribution < -0.4 is 10.5 Å². The third kappa shape index (κ3) is 11.5. The van der Waals surface area contributed by atoms with Crippen LogP contribution in [-0.4, -0.2) is 15.5 Å². The van der Waals surface area contributed by atoms with Crippen molar-refractivity contribution in [3.8, 4) is 0 Å². The van der Waals surface area contributed by atoms with Crippen LogP contribution in [0.25, 0.3) is 0 Å². The van der Waals surface area contributed by atoms with Crippen LogP contribution in [0, 0.1) is 0 Å². The topological polar surface area (TPSA) is 72.2 Å². The van der Waals surface area contributed by atoms with Gasteiger partial charge in [-0.05, 0) is 0 Å². The van der Waals surface area contributed by atoms with Crippen molar-refractivity contribution < 1.29 is 27.0 Å². The van der Waals surface area contributed by atoms with Crippen molar-refractivity contribution in [2.45, 2.75) is 0 Å². The molecule has 6 heteroatoms. The SMILES string of the molecule is CN/C=C\S(N)(=O)=O.[V]. The molecule has 0 saturated carbocycles. The van der Waals surface area contributed by atoms with E-state index in [1.54, 1.807) is 7.05 Å². The first kappa shape index (κ1) is 11.8. The maximum absolute atomic E-state index is 10.0. The van der Waals surface area contributed by atoms with E-state index in [0.717, 1.165) is 5.41 Å². The van der Waals surface area contributed by atoms with E-state index in [0.29, 0.717) is 0 Å². The average Bonchev–Trinajstić information content (AvgIpc) is 1.59. The minimum absolute atomic E-state index is 0. The molecule has 4 nitrogen and oxygen atoms in total. The van der Waals surface area contributed by atoms with Gasteiger partial charge in [0.15, 0.2) is 0 Å². The summed E-state index contributed by atoms with van der Waals surface area (Å²) < 4.78 is 20.1. The monoisotopic (exact) mass is 187 g/mol. The maximum Gasteiger partial charge on any atom is 0.232 e. The summed E-state index contributed by atoms with van der Waals surface area (Å²) in [7, 11) is -1.84. The van der Waals surface area contributed by atoms with Crippen molar-refractivity contribution in [1.82, 2.24) is 5.32 Å². The summed E-state index contributed by atoms with van der Waals surface area (Å²) in [6.07, 6.45) is 1.25. The van der Waals surface area contributed by atoms with Gasteiger partial charge in [-0.2, -0.15) is 0 Å². The van der Waals surface area contributed by atoms with Gasteiger partial charge in [0.2, 0.25) is 10.0 Å². The zero-order chi connectivity index (χ0) is 6.62. The molecule has 0 aromatic rings. The molecule has 0 aromatic heterocycles. The Kier molecular flexibility index (Phi) is 6.38. The number of hydrogen-bond donors (Lipinski definition) is 2. The predicted molar refractivity (Wildman–Crippen MR) is 31.3 cm³/mol. The van der Waals surface area contributed by atoms with Crippen LogP contribution in [0.1, 0.15) is 0 Å². The summed E-state index contributed by atoms with van der Waals surface area (Å²) in [5.74, 6) is 0. The number of hydrogen-bond acceptors (Lipinski definition) is 3. The minimum atomic E-state index is -3.43. The molecule has 0 atom stereocenters. The molecule has 0 rings (SSSR count). The Hall–Kier alpha value is 0.0344. The number of nitrogens with one attached hydrogen (secondary N) is 1. The molecule has 0 aliphatic rings. The smallest absolute Gasteiger partial charge is 0.232 e. The summed E-state index contributed by atoms with van der Waals surface area (Å²) in [6, 6.07) is 0. The standard InChI is InChI=1S/C3H8N2O2S.V/c1-5-2-3-8(4,6)7;/h2-3,5H,1H3,(H2,4,6,7);/b3-2-;. The van der Waals surface area contributed by atoms with Crippen LogP contribution in [0.5, 0.6) is 0 Å². The summed E-state index contributed by atoms with van der Waals surface area (Å²) in [5.41, 5.74) is 0. The second-order valence-electron chi connectivity index (χ2n) is 1.18. The van der Waals surface area contributed by atoms with E-state index >= 15 is 0 Å². The Balaban J connectivity index is 0. The summed E-state index contributed by atoms with van der Waals surface area (Å²) in [6.45, 7) is 0. The van der Waals surface area contributed by atoms with Crippen LogP contribution in [0.15, 0.2) is 11.6 Å². The quantitative estimate of drug-likeness (QED) is 0.580. The fourth-order valence-electron chi connectivity index (χ4n) is 0.163. The molecule has 0 aliphatic heterocycles. The van der Waals surface area contributed by atoms with Gasteiger partial charge in [0, 0.05) is 31.8 Å². The Morgan fingerprint density at radius 2 is 2.00 bits per heavy atom. The third-order valence-corrected chi connectivity index (χ3v) is 0.940. The van der Waals surface area contributed by atoms with E-state index < -0.39 is 10.0 Å². The minimum Gasteiger partial charge on any atom is -0.393 e. The molecule has 0 bridgehead atoms. The molecule has 53 valence electrons. The summed E-state index contributed by atoms with van der Waals surface area (Å²) in [5, 5.41) is 7.93. The van der Waals surface area contributed by atoms with Crippen molar-refractivity contribution in [1.29, 1.82) is 0 Å². The Morgan fingerprint density at radius 1 is 1.56 bits per heavy atom. The van der Waals surface area contributed by atoms with E-state index in [1.165, 1.54) is 6.20 Å². The molecule has 0 fully saturated rings.